The van der Waals surface area contributed by atoms with Crippen LogP contribution in [0.2, 0.25) is 0 Å². The van der Waals surface area contributed by atoms with Crippen LogP contribution in [0.15, 0.2) is 40.0 Å². The van der Waals surface area contributed by atoms with Crippen molar-refractivity contribution in [2.75, 3.05) is 12.0 Å². The van der Waals surface area contributed by atoms with E-state index in [0.717, 1.165) is 0 Å². The normalized spacial score (nSPS) is 9.35. The minimum Gasteiger partial charge on any atom is -0.461 e. The number of hydrogen-bond donors (Lipinski definition) is 1. The number of nitriles is 2. The Morgan fingerprint density at radius 1 is 1.39 bits per heavy atom. The number of para-hydroxylation sites is 1. The third kappa shape index (κ3) is 3.71. The lowest BCUT2D eigenvalue weighted by molar-refractivity contribution is 0.0519. The summed E-state index contributed by atoms with van der Waals surface area (Å²) in [5.74, 6) is -0.399. The van der Waals surface area contributed by atoms with Gasteiger partial charge in [0, 0.05) is 0 Å². The molecule has 0 bridgehead atoms. The van der Waals surface area contributed by atoms with Crippen LogP contribution in [-0.4, -0.2) is 23.3 Å². The van der Waals surface area contributed by atoms with Crippen molar-refractivity contribution in [3.05, 3.63) is 36.2 Å². The van der Waals surface area contributed by atoms with Gasteiger partial charge in [0.2, 0.25) is 11.6 Å². The average molecular weight is 309 g/mol. The highest BCUT2D eigenvalue weighted by molar-refractivity contribution is 6.10. The number of hydrazone groups is 1. The van der Waals surface area contributed by atoms with Crippen molar-refractivity contribution in [2.24, 2.45) is 5.10 Å². The van der Waals surface area contributed by atoms with Gasteiger partial charge in [-0.05, 0) is 19.1 Å². The maximum Gasteiger partial charge on any atom is 0.360 e. The Labute approximate surface area is 131 Å². The molecule has 2 rings (SSSR count). The largest absolute Gasteiger partial charge is 0.461 e. The van der Waals surface area contributed by atoms with Gasteiger partial charge in [-0.1, -0.05) is 12.1 Å². The molecule has 0 fully saturated rings. The van der Waals surface area contributed by atoms with Gasteiger partial charge in [0.25, 0.3) is 0 Å². The van der Waals surface area contributed by atoms with E-state index in [4.69, 9.17) is 19.7 Å². The molecule has 0 radical (unpaired) electrons. The highest BCUT2D eigenvalue weighted by atomic mass is 16.5. The van der Waals surface area contributed by atoms with Crippen LogP contribution < -0.4 is 5.43 Å². The van der Waals surface area contributed by atoms with Gasteiger partial charge >= 0.3 is 5.97 Å². The lowest BCUT2D eigenvalue weighted by Gasteiger charge is -2.04. The van der Waals surface area contributed by atoms with Crippen molar-refractivity contribution >= 4 is 17.4 Å². The Balaban J connectivity index is 2.31. The third-order valence-corrected chi connectivity index (χ3v) is 2.65. The van der Waals surface area contributed by atoms with Crippen LogP contribution in [0.4, 0.5) is 5.69 Å². The molecule has 1 N–H and O–H groups in total. The van der Waals surface area contributed by atoms with Gasteiger partial charge in [0.1, 0.15) is 18.4 Å². The van der Waals surface area contributed by atoms with Crippen molar-refractivity contribution in [1.82, 2.24) is 4.98 Å². The molecule has 0 aliphatic heterocycles. The molecule has 2 aromatic rings. The topological polar surface area (TPSA) is 124 Å². The standard InChI is InChI=1S/C15H11N5O3/c1-2-22-15(21)13-9-23-14(18-13)11-5-3-4-6-12(11)20-19-10(7-16)8-17/h3-6,9,20H,2H2,1H3. The van der Waals surface area contributed by atoms with E-state index in [0.29, 0.717) is 11.3 Å². The number of oxazole rings is 1. The molecule has 0 aliphatic carbocycles. The summed E-state index contributed by atoms with van der Waals surface area (Å²) in [5.41, 5.74) is 3.32. The minimum absolute atomic E-state index is 0.0508. The maximum atomic E-state index is 11.6. The summed E-state index contributed by atoms with van der Waals surface area (Å²) in [6, 6.07) is 10.1. The van der Waals surface area contributed by atoms with Crippen LogP contribution in [0.1, 0.15) is 17.4 Å². The number of hydrogen-bond acceptors (Lipinski definition) is 8. The molecule has 0 amide bonds. The van der Waals surface area contributed by atoms with Gasteiger partial charge in [0.05, 0.1) is 17.9 Å². The zero-order chi connectivity index (χ0) is 16.7. The summed E-state index contributed by atoms with van der Waals surface area (Å²) in [5, 5.41) is 21.0. The molecule has 114 valence electrons. The van der Waals surface area contributed by atoms with E-state index in [1.807, 2.05) is 0 Å². The minimum atomic E-state index is -0.581. The molecule has 0 spiro atoms. The Morgan fingerprint density at radius 3 is 2.83 bits per heavy atom. The zero-order valence-electron chi connectivity index (χ0n) is 12.1. The van der Waals surface area contributed by atoms with E-state index in [9.17, 15) is 4.79 Å². The summed E-state index contributed by atoms with van der Waals surface area (Å²) in [6.07, 6.45) is 1.20. The van der Waals surface area contributed by atoms with Crippen LogP contribution in [0.3, 0.4) is 0 Å². The number of rotatable bonds is 5. The summed E-state index contributed by atoms with van der Waals surface area (Å²) in [6.45, 7) is 1.93. The predicted octanol–water partition coefficient (Wildman–Crippen LogP) is 2.33. The average Bonchev–Trinajstić information content (AvgIpc) is 3.06. The van der Waals surface area contributed by atoms with E-state index in [1.165, 1.54) is 6.26 Å². The van der Waals surface area contributed by atoms with Gasteiger partial charge in [-0.15, -0.1) is 0 Å². The molecular weight excluding hydrogens is 298 g/mol. The second kappa shape index (κ2) is 7.38. The lowest BCUT2D eigenvalue weighted by Crippen LogP contribution is -2.04. The number of benzene rings is 1. The fourth-order valence-electron chi connectivity index (χ4n) is 1.65. The number of esters is 1. The van der Waals surface area contributed by atoms with Crippen LogP contribution in [0, 0.1) is 22.7 Å². The van der Waals surface area contributed by atoms with E-state index in [2.05, 4.69) is 15.5 Å². The van der Waals surface area contributed by atoms with Crippen molar-refractivity contribution in [2.45, 2.75) is 6.92 Å². The van der Waals surface area contributed by atoms with Gasteiger partial charge in [-0.25, -0.2) is 9.78 Å². The van der Waals surface area contributed by atoms with Crippen molar-refractivity contribution in [3.8, 4) is 23.6 Å². The molecule has 23 heavy (non-hydrogen) atoms. The van der Waals surface area contributed by atoms with Gasteiger partial charge in [0.15, 0.2) is 5.69 Å². The molecule has 1 heterocycles. The Morgan fingerprint density at radius 2 is 2.13 bits per heavy atom. The zero-order valence-corrected chi connectivity index (χ0v) is 12.1. The third-order valence-electron chi connectivity index (χ3n) is 2.65. The number of carbonyl (C=O) groups excluding carboxylic acids is 1. The lowest BCUT2D eigenvalue weighted by atomic mass is 10.2. The molecule has 0 atom stereocenters. The van der Waals surface area contributed by atoms with Crippen LogP contribution in [0.5, 0.6) is 0 Å². The van der Waals surface area contributed by atoms with Crippen molar-refractivity contribution < 1.29 is 13.9 Å². The van der Waals surface area contributed by atoms with E-state index in [-0.39, 0.29) is 23.9 Å². The fourth-order valence-corrected chi connectivity index (χ4v) is 1.65. The highest BCUT2D eigenvalue weighted by Crippen LogP contribution is 2.27. The predicted molar refractivity (Wildman–Crippen MR) is 80.2 cm³/mol. The number of ether oxygens (including phenoxy) is 1. The number of anilines is 1. The summed E-state index contributed by atoms with van der Waals surface area (Å²) < 4.78 is 10.1. The number of aromatic nitrogens is 1. The molecule has 8 nitrogen and oxygen atoms in total. The molecule has 0 aliphatic rings. The van der Waals surface area contributed by atoms with Crippen LogP contribution in [0.25, 0.3) is 11.5 Å². The smallest absolute Gasteiger partial charge is 0.360 e. The van der Waals surface area contributed by atoms with Crippen LogP contribution >= 0.6 is 0 Å². The summed E-state index contributed by atoms with van der Waals surface area (Å²) in [7, 11) is 0. The molecular formula is C15H11N5O3. The van der Waals surface area contributed by atoms with Gasteiger partial charge in [-0.3, -0.25) is 5.43 Å². The molecule has 1 aromatic heterocycles. The second-order valence-corrected chi connectivity index (χ2v) is 4.10. The van der Waals surface area contributed by atoms with E-state index in [1.54, 1.807) is 43.3 Å². The highest BCUT2D eigenvalue weighted by Gasteiger charge is 2.16. The number of nitrogens with zero attached hydrogens (tertiary/aromatic N) is 4. The molecule has 1 aromatic carbocycles. The first-order chi connectivity index (χ1) is 11.2. The Hall–Kier alpha value is -3.65. The fraction of sp³-hybridized carbons (Fsp3) is 0.133. The first-order valence-corrected chi connectivity index (χ1v) is 6.55. The van der Waals surface area contributed by atoms with Crippen molar-refractivity contribution in [1.29, 1.82) is 10.5 Å². The second-order valence-electron chi connectivity index (χ2n) is 4.10. The maximum absolute atomic E-state index is 11.6. The monoisotopic (exact) mass is 309 g/mol. The van der Waals surface area contributed by atoms with Crippen molar-refractivity contribution in [3.63, 3.8) is 0 Å². The molecule has 0 saturated heterocycles. The van der Waals surface area contributed by atoms with E-state index >= 15 is 0 Å². The molecule has 0 unspecified atom stereocenters. The van der Waals surface area contributed by atoms with Gasteiger partial charge in [-0.2, -0.15) is 15.6 Å². The quantitative estimate of drug-likeness (QED) is 0.510. The summed E-state index contributed by atoms with van der Waals surface area (Å²) >= 11 is 0. The molecule has 8 heteroatoms. The molecule has 0 saturated carbocycles. The number of nitrogens with one attached hydrogen (secondary N) is 1. The SMILES string of the molecule is CCOC(=O)c1coc(-c2ccccc2NN=C(C#N)C#N)n1. The van der Waals surface area contributed by atoms with Gasteiger partial charge < -0.3 is 9.15 Å². The number of carbonyl (C=O) groups is 1. The van der Waals surface area contributed by atoms with E-state index < -0.39 is 5.97 Å². The summed E-state index contributed by atoms with van der Waals surface area (Å²) in [4.78, 5) is 15.7. The van der Waals surface area contributed by atoms with Crippen LogP contribution in [-0.2, 0) is 4.74 Å². The first-order valence-electron chi connectivity index (χ1n) is 6.55. The Kier molecular flexibility index (Phi) is 5.05. The Bertz CT molecular complexity index is 810. The first kappa shape index (κ1) is 15.7.